The second-order valence-electron chi connectivity index (χ2n) is 2.87. The highest BCUT2D eigenvalue weighted by Gasteiger charge is 2.38. The number of rotatable bonds is 0. The Bertz CT molecular complexity index is 669. The van der Waals surface area contributed by atoms with E-state index in [0.717, 1.165) is 0 Å². The number of carbonyl (C=O) groups is 1. The first-order valence-electron chi connectivity index (χ1n) is 4.21. The third-order valence-electron chi connectivity index (χ3n) is 1.59. The van der Waals surface area contributed by atoms with Crippen molar-refractivity contribution in [1.82, 2.24) is 9.97 Å². The molecule has 0 aliphatic carbocycles. The fourth-order valence-corrected chi connectivity index (χ4v) is 1.64. The second-order valence-corrected chi connectivity index (χ2v) is 3.79. The van der Waals surface area contributed by atoms with Crippen LogP contribution in [0.1, 0.15) is 0 Å². The first-order valence-corrected chi connectivity index (χ1v) is 5.09. The maximum atomic E-state index is 11.0. The van der Waals surface area contributed by atoms with Crippen LogP contribution < -0.4 is 11.2 Å². The molecular formula is C8H5F3N2O4S. The van der Waals surface area contributed by atoms with E-state index < -0.39 is 17.8 Å². The molecule has 0 aliphatic heterocycles. The Morgan fingerprint density at radius 2 is 1.83 bits per heavy atom. The number of aromatic nitrogens is 2. The van der Waals surface area contributed by atoms with Gasteiger partial charge in [-0.25, -0.2) is 9.59 Å². The van der Waals surface area contributed by atoms with Crippen LogP contribution in [-0.4, -0.2) is 27.2 Å². The molecule has 18 heavy (non-hydrogen) atoms. The van der Waals surface area contributed by atoms with Gasteiger partial charge in [0.1, 0.15) is 4.70 Å². The largest absolute Gasteiger partial charge is 0.490 e. The summed E-state index contributed by atoms with van der Waals surface area (Å²) in [6.45, 7) is 0. The zero-order valence-corrected chi connectivity index (χ0v) is 9.19. The summed E-state index contributed by atoms with van der Waals surface area (Å²) in [6, 6.07) is 1.70. The van der Waals surface area contributed by atoms with Crippen LogP contribution in [0.3, 0.4) is 0 Å². The number of aromatic amines is 2. The van der Waals surface area contributed by atoms with Crippen molar-refractivity contribution >= 4 is 27.5 Å². The van der Waals surface area contributed by atoms with Crippen LogP contribution in [-0.2, 0) is 4.79 Å². The Labute approximate surface area is 99.7 Å². The van der Waals surface area contributed by atoms with Gasteiger partial charge in [-0.05, 0) is 11.4 Å². The average molecular weight is 282 g/mol. The number of aliphatic carboxylic acids is 1. The van der Waals surface area contributed by atoms with E-state index in [4.69, 9.17) is 9.90 Å². The molecule has 0 fully saturated rings. The van der Waals surface area contributed by atoms with Crippen LogP contribution >= 0.6 is 11.3 Å². The lowest BCUT2D eigenvalue weighted by atomic mass is 10.5. The number of hydrogen-bond donors (Lipinski definition) is 3. The van der Waals surface area contributed by atoms with Gasteiger partial charge in [-0.3, -0.25) is 9.78 Å². The predicted molar refractivity (Wildman–Crippen MR) is 56.8 cm³/mol. The van der Waals surface area contributed by atoms with Crippen molar-refractivity contribution in [1.29, 1.82) is 0 Å². The van der Waals surface area contributed by atoms with E-state index in [0.29, 0.717) is 10.2 Å². The molecule has 2 heterocycles. The molecule has 3 N–H and O–H groups in total. The van der Waals surface area contributed by atoms with Crippen molar-refractivity contribution in [3.8, 4) is 0 Å². The Morgan fingerprint density at radius 1 is 1.28 bits per heavy atom. The van der Waals surface area contributed by atoms with Gasteiger partial charge in [0, 0.05) is 0 Å². The van der Waals surface area contributed by atoms with Crippen LogP contribution in [0.25, 0.3) is 10.2 Å². The van der Waals surface area contributed by atoms with Gasteiger partial charge < -0.3 is 10.1 Å². The fourth-order valence-electron chi connectivity index (χ4n) is 0.897. The predicted octanol–water partition coefficient (Wildman–Crippen LogP) is 0.911. The lowest BCUT2D eigenvalue weighted by molar-refractivity contribution is -0.192. The van der Waals surface area contributed by atoms with Gasteiger partial charge in [0.15, 0.2) is 0 Å². The van der Waals surface area contributed by atoms with Gasteiger partial charge in [-0.1, -0.05) is 0 Å². The lowest BCUT2D eigenvalue weighted by Crippen LogP contribution is -2.21. The normalized spacial score (nSPS) is 10.8. The maximum Gasteiger partial charge on any atom is 0.490 e. The molecule has 2 rings (SSSR count). The minimum Gasteiger partial charge on any atom is -0.475 e. The van der Waals surface area contributed by atoms with Crippen molar-refractivity contribution in [2.75, 3.05) is 0 Å². The minimum absolute atomic E-state index is 0.321. The first kappa shape index (κ1) is 14.0. The van der Waals surface area contributed by atoms with Gasteiger partial charge in [-0.15, -0.1) is 11.3 Å². The molecule has 0 spiro atoms. The quantitative estimate of drug-likeness (QED) is 0.668. The van der Waals surface area contributed by atoms with Crippen molar-refractivity contribution < 1.29 is 23.1 Å². The second kappa shape index (κ2) is 5.04. The molecule has 0 unspecified atom stereocenters. The van der Waals surface area contributed by atoms with E-state index >= 15 is 0 Å². The number of alkyl halides is 3. The Hall–Kier alpha value is -2.10. The summed E-state index contributed by atoms with van der Waals surface area (Å²) in [5, 5.41) is 8.88. The topological polar surface area (TPSA) is 103 Å². The Balaban J connectivity index is 0.000000203. The number of thiophene rings is 1. The van der Waals surface area contributed by atoms with Crippen molar-refractivity contribution in [3.05, 3.63) is 32.3 Å². The molecule has 0 aromatic carbocycles. The number of nitrogens with one attached hydrogen (secondary N) is 2. The van der Waals surface area contributed by atoms with E-state index in [-0.39, 0.29) is 5.56 Å². The molecule has 2 aromatic rings. The molecule has 0 radical (unpaired) electrons. The van der Waals surface area contributed by atoms with Crippen LogP contribution in [0, 0.1) is 0 Å². The molecule has 10 heteroatoms. The number of carboxylic acid groups (broad SMARTS) is 1. The van der Waals surface area contributed by atoms with Gasteiger partial charge in [0.25, 0.3) is 5.56 Å². The molecule has 0 aliphatic rings. The first-order chi connectivity index (χ1) is 8.21. The zero-order valence-electron chi connectivity index (χ0n) is 8.37. The Morgan fingerprint density at radius 3 is 2.33 bits per heavy atom. The van der Waals surface area contributed by atoms with E-state index in [1.165, 1.54) is 11.3 Å². The number of carboxylic acids is 1. The summed E-state index contributed by atoms with van der Waals surface area (Å²) in [4.78, 5) is 35.2. The smallest absolute Gasteiger partial charge is 0.475 e. The fraction of sp³-hybridized carbons (Fsp3) is 0.125. The summed E-state index contributed by atoms with van der Waals surface area (Å²) >= 11 is 1.31. The van der Waals surface area contributed by atoms with Gasteiger partial charge in [-0.2, -0.15) is 13.2 Å². The van der Waals surface area contributed by atoms with Crippen LogP contribution in [0.2, 0.25) is 0 Å². The van der Waals surface area contributed by atoms with Gasteiger partial charge in [0.2, 0.25) is 0 Å². The third-order valence-corrected chi connectivity index (χ3v) is 2.50. The lowest BCUT2D eigenvalue weighted by Gasteiger charge is -1.93. The summed E-state index contributed by atoms with van der Waals surface area (Å²) in [6.07, 6.45) is -5.08. The van der Waals surface area contributed by atoms with E-state index in [9.17, 15) is 22.8 Å². The summed E-state index contributed by atoms with van der Waals surface area (Å²) in [7, 11) is 0. The molecule has 0 saturated heterocycles. The van der Waals surface area contributed by atoms with Gasteiger partial charge in [0.05, 0.1) is 5.52 Å². The molecule has 0 saturated carbocycles. The molecule has 6 nitrogen and oxygen atoms in total. The molecular weight excluding hydrogens is 277 g/mol. The van der Waals surface area contributed by atoms with E-state index in [2.05, 4.69) is 9.97 Å². The van der Waals surface area contributed by atoms with Crippen LogP contribution in [0.5, 0.6) is 0 Å². The average Bonchev–Trinajstić information content (AvgIpc) is 2.64. The number of fused-ring (bicyclic) bond motifs is 1. The number of hydrogen-bond acceptors (Lipinski definition) is 4. The monoisotopic (exact) mass is 282 g/mol. The standard InChI is InChI=1S/C6H4N2O2S.C2HF3O2/c9-5-4-3(1-2-11-4)7-6(10)8-5;3-2(4,5)1(6)7/h1-2H,(H2,7,8,9,10);(H,6,7). The highest BCUT2D eigenvalue weighted by atomic mass is 32.1. The zero-order chi connectivity index (χ0) is 13.9. The molecule has 0 atom stereocenters. The van der Waals surface area contributed by atoms with Gasteiger partial charge >= 0.3 is 17.8 Å². The van der Waals surface area contributed by atoms with Crippen LogP contribution in [0.15, 0.2) is 21.0 Å². The summed E-state index contributed by atoms with van der Waals surface area (Å²) < 4.78 is 32.3. The van der Waals surface area contributed by atoms with Crippen molar-refractivity contribution in [2.24, 2.45) is 0 Å². The highest BCUT2D eigenvalue weighted by molar-refractivity contribution is 7.17. The number of H-pyrrole nitrogens is 2. The number of halogens is 3. The van der Waals surface area contributed by atoms with Crippen molar-refractivity contribution in [3.63, 3.8) is 0 Å². The molecule has 0 amide bonds. The molecule has 98 valence electrons. The van der Waals surface area contributed by atoms with E-state index in [1.54, 1.807) is 11.4 Å². The van der Waals surface area contributed by atoms with E-state index in [1.807, 2.05) is 0 Å². The molecule has 2 aromatic heterocycles. The summed E-state index contributed by atoms with van der Waals surface area (Å²) in [5.74, 6) is -2.76. The minimum atomic E-state index is -5.08. The maximum absolute atomic E-state index is 11.0. The summed E-state index contributed by atoms with van der Waals surface area (Å²) in [5.41, 5.74) is -0.177. The highest BCUT2D eigenvalue weighted by Crippen LogP contribution is 2.13. The third kappa shape index (κ3) is 3.45. The van der Waals surface area contributed by atoms with Crippen LogP contribution in [0.4, 0.5) is 13.2 Å². The molecule has 0 bridgehead atoms. The SMILES string of the molecule is O=C(O)C(F)(F)F.O=c1[nH]c(=O)c2sccc2[nH]1. The Kier molecular flexibility index (Phi) is 3.91. The van der Waals surface area contributed by atoms with Crippen molar-refractivity contribution in [2.45, 2.75) is 6.18 Å².